The average Bonchev–Trinajstić information content (AvgIpc) is 2.71. The molecular weight excluding hydrogens is 374 g/mol. The second-order valence-corrected chi connectivity index (χ2v) is 6.15. The molecule has 0 heterocycles. The van der Waals surface area contributed by atoms with Crippen molar-refractivity contribution in [3.05, 3.63) is 66.2 Å². The molecule has 28 heavy (non-hydrogen) atoms. The summed E-state index contributed by atoms with van der Waals surface area (Å²) in [4.78, 5) is 0. The highest BCUT2D eigenvalue weighted by atomic mass is 32.1. The van der Waals surface area contributed by atoms with Crippen LogP contribution < -0.4 is 25.0 Å². The van der Waals surface area contributed by atoms with Gasteiger partial charge in [0.1, 0.15) is 19.0 Å². The molecule has 0 aliphatic heterocycles. The van der Waals surface area contributed by atoms with Crippen LogP contribution in [0.15, 0.2) is 60.2 Å². The Labute approximate surface area is 171 Å². The van der Waals surface area contributed by atoms with Gasteiger partial charge in [0.15, 0.2) is 16.6 Å². The molecule has 0 aromatic heterocycles. The monoisotopic (exact) mass is 399 g/mol. The number of aryl methyl sites for hydroxylation is 1. The van der Waals surface area contributed by atoms with Crippen LogP contribution in [0.1, 0.15) is 11.1 Å². The minimum absolute atomic E-state index is 0.406. The molecule has 0 fully saturated rings. The fourth-order valence-electron chi connectivity index (χ4n) is 2.28. The van der Waals surface area contributed by atoms with Gasteiger partial charge in [-0.05, 0) is 54.5 Å². The Morgan fingerprint density at radius 1 is 1.11 bits per heavy atom. The maximum atomic E-state index is 5.78. The molecule has 148 valence electrons. The van der Waals surface area contributed by atoms with Crippen LogP contribution in [0, 0.1) is 6.92 Å². The van der Waals surface area contributed by atoms with Crippen LogP contribution in [0.4, 0.5) is 0 Å². The maximum absolute atomic E-state index is 5.78. The summed E-state index contributed by atoms with van der Waals surface area (Å²) in [5, 5.41) is 7.44. The number of thiocarbonyl (C=S) groups is 1. The highest BCUT2D eigenvalue weighted by Gasteiger charge is 2.06. The number of hydrogen-bond donors (Lipinski definition) is 2. The molecule has 0 atom stereocenters. The van der Waals surface area contributed by atoms with Crippen LogP contribution in [0.3, 0.4) is 0 Å². The van der Waals surface area contributed by atoms with E-state index in [0.717, 1.165) is 16.9 Å². The van der Waals surface area contributed by atoms with Crippen LogP contribution in [-0.2, 0) is 0 Å². The molecule has 0 bridgehead atoms. The van der Waals surface area contributed by atoms with Gasteiger partial charge in [0.2, 0.25) is 0 Å². The molecule has 0 amide bonds. The smallest absolute Gasteiger partial charge is 0.187 e. The molecule has 2 N–H and O–H groups in total. The van der Waals surface area contributed by atoms with E-state index in [1.54, 1.807) is 19.4 Å². The molecule has 0 aliphatic carbocycles. The number of para-hydroxylation sites is 1. The summed E-state index contributed by atoms with van der Waals surface area (Å²) in [5.74, 6) is 2.12. The highest BCUT2D eigenvalue weighted by Crippen LogP contribution is 2.27. The predicted octanol–water partition coefficient (Wildman–Crippen LogP) is 3.45. The van der Waals surface area contributed by atoms with Crippen LogP contribution >= 0.6 is 12.2 Å². The van der Waals surface area contributed by atoms with Gasteiger partial charge in [-0.15, -0.1) is 6.58 Å². The van der Waals surface area contributed by atoms with E-state index in [0.29, 0.717) is 36.4 Å². The number of hydrogen-bond acceptors (Lipinski definition) is 5. The first kappa shape index (κ1) is 21.2. The second-order valence-electron chi connectivity index (χ2n) is 5.74. The molecule has 6 nitrogen and oxygen atoms in total. The van der Waals surface area contributed by atoms with E-state index in [-0.39, 0.29) is 0 Å². The zero-order chi connectivity index (χ0) is 20.2. The van der Waals surface area contributed by atoms with Gasteiger partial charge in [-0.2, -0.15) is 5.10 Å². The minimum Gasteiger partial charge on any atom is -0.493 e. The van der Waals surface area contributed by atoms with Gasteiger partial charge >= 0.3 is 0 Å². The Morgan fingerprint density at radius 3 is 2.57 bits per heavy atom. The third kappa shape index (κ3) is 6.92. The predicted molar refractivity (Wildman–Crippen MR) is 117 cm³/mol. The van der Waals surface area contributed by atoms with Crippen LogP contribution in [0.25, 0.3) is 0 Å². The lowest BCUT2D eigenvalue weighted by molar-refractivity contribution is 0.210. The van der Waals surface area contributed by atoms with Crippen molar-refractivity contribution in [1.82, 2.24) is 10.7 Å². The Bertz CT molecular complexity index is 824. The second kappa shape index (κ2) is 11.6. The zero-order valence-electron chi connectivity index (χ0n) is 16.1. The molecule has 2 rings (SSSR count). The molecular formula is C21H25N3O3S. The standard InChI is InChI=1S/C21H25N3O3S/c1-4-11-22-21(28)24-23-15-17-9-10-19(20(14-17)25-3)27-13-12-26-18-8-6-5-7-16(18)2/h4-10,14-15H,1,11-13H2,2-3H3,(H2,22,24,28)/b23-15-. The molecule has 0 radical (unpaired) electrons. The first-order valence-corrected chi connectivity index (χ1v) is 9.22. The fourth-order valence-corrected chi connectivity index (χ4v) is 2.41. The Hall–Kier alpha value is -3.06. The largest absolute Gasteiger partial charge is 0.493 e. The first-order chi connectivity index (χ1) is 13.6. The summed E-state index contributed by atoms with van der Waals surface area (Å²) in [6.45, 7) is 7.05. The summed E-state index contributed by atoms with van der Waals surface area (Å²) < 4.78 is 16.9. The third-order valence-electron chi connectivity index (χ3n) is 3.67. The molecule has 0 spiro atoms. The average molecular weight is 400 g/mol. The number of hydrazone groups is 1. The number of nitrogens with zero attached hydrogens (tertiary/aromatic N) is 1. The topological polar surface area (TPSA) is 64.1 Å². The van der Waals surface area contributed by atoms with E-state index in [1.165, 1.54) is 0 Å². The van der Waals surface area contributed by atoms with Crippen LogP contribution in [-0.4, -0.2) is 38.2 Å². The SMILES string of the molecule is C=CCNC(=S)N/N=C\c1ccc(OCCOc2ccccc2C)c(OC)c1. The minimum atomic E-state index is 0.406. The lowest BCUT2D eigenvalue weighted by Crippen LogP contribution is -2.31. The quantitative estimate of drug-likeness (QED) is 0.210. The number of rotatable bonds is 10. The molecule has 2 aromatic rings. The van der Waals surface area contributed by atoms with Crippen molar-refractivity contribution in [2.45, 2.75) is 6.92 Å². The number of nitrogens with one attached hydrogen (secondary N) is 2. The lowest BCUT2D eigenvalue weighted by Gasteiger charge is -2.13. The first-order valence-electron chi connectivity index (χ1n) is 8.81. The van der Waals surface area contributed by atoms with Gasteiger partial charge in [-0.1, -0.05) is 24.3 Å². The van der Waals surface area contributed by atoms with E-state index in [1.807, 2.05) is 49.4 Å². The van der Waals surface area contributed by atoms with E-state index in [2.05, 4.69) is 22.4 Å². The number of ether oxygens (including phenoxy) is 3. The van der Waals surface area contributed by atoms with Gasteiger partial charge < -0.3 is 19.5 Å². The van der Waals surface area contributed by atoms with Gasteiger partial charge in [0.25, 0.3) is 0 Å². The molecule has 0 unspecified atom stereocenters. The summed E-state index contributed by atoms with van der Waals surface area (Å²) >= 11 is 5.07. The lowest BCUT2D eigenvalue weighted by atomic mass is 10.2. The Morgan fingerprint density at radius 2 is 1.86 bits per heavy atom. The number of methoxy groups -OCH3 is 1. The van der Waals surface area contributed by atoms with Gasteiger partial charge in [-0.25, -0.2) is 0 Å². The molecule has 2 aromatic carbocycles. The molecule has 0 aliphatic rings. The molecule has 0 saturated heterocycles. The van der Waals surface area contributed by atoms with Crippen LogP contribution in [0.5, 0.6) is 17.2 Å². The Balaban J connectivity index is 1.85. The summed E-state index contributed by atoms with van der Waals surface area (Å²) in [5.41, 5.74) is 4.67. The van der Waals surface area contributed by atoms with Gasteiger partial charge in [0.05, 0.1) is 13.3 Å². The Kier molecular flexibility index (Phi) is 8.81. The van der Waals surface area contributed by atoms with Gasteiger partial charge in [0, 0.05) is 6.54 Å². The van der Waals surface area contributed by atoms with Gasteiger partial charge in [-0.3, -0.25) is 5.43 Å². The summed E-state index contributed by atoms with van der Waals surface area (Å²) in [6, 6.07) is 13.4. The van der Waals surface area contributed by atoms with E-state index >= 15 is 0 Å². The fraction of sp³-hybridized carbons (Fsp3) is 0.238. The highest BCUT2D eigenvalue weighted by molar-refractivity contribution is 7.80. The molecule has 7 heteroatoms. The maximum Gasteiger partial charge on any atom is 0.187 e. The van der Waals surface area contributed by atoms with E-state index in [4.69, 9.17) is 26.4 Å². The van der Waals surface area contributed by atoms with Crippen molar-refractivity contribution in [2.24, 2.45) is 5.10 Å². The molecule has 0 saturated carbocycles. The summed E-state index contributed by atoms with van der Waals surface area (Å²) in [7, 11) is 1.60. The van der Waals surface area contributed by atoms with Crippen molar-refractivity contribution >= 4 is 23.5 Å². The van der Waals surface area contributed by atoms with Crippen molar-refractivity contribution in [3.8, 4) is 17.2 Å². The zero-order valence-corrected chi connectivity index (χ0v) is 16.9. The van der Waals surface area contributed by atoms with E-state index in [9.17, 15) is 0 Å². The van der Waals surface area contributed by atoms with Crippen molar-refractivity contribution in [2.75, 3.05) is 26.9 Å². The van der Waals surface area contributed by atoms with Crippen molar-refractivity contribution < 1.29 is 14.2 Å². The summed E-state index contributed by atoms with van der Waals surface area (Å²) in [6.07, 6.45) is 3.36. The van der Waals surface area contributed by atoms with Crippen molar-refractivity contribution in [1.29, 1.82) is 0 Å². The van der Waals surface area contributed by atoms with E-state index < -0.39 is 0 Å². The normalized spacial score (nSPS) is 10.4. The van der Waals surface area contributed by atoms with Crippen LogP contribution in [0.2, 0.25) is 0 Å². The van der Waals surface area contributed by atoms with Crippen molar-refractivity contribution in [3.63, 3.8) is 0 Å². The number of benzene rings is 2. The third-order valence-corrected chi connectivity index (χ3v) is 3.90.